The van der Waals surface area contributed by atoms with Gasteiger partial charge in [0.2, 0.25) is 0 Å². The molecule has 0 aliphatic heterocycles. The largest absolute Gasteiger partial charge is 0.493 e. The van der Waals surface area contributed by atoms with Crippen molar-refractivity contribution in [2.24, 2.45) is 5.41 Å². The Kier molecular flexibility index (Phi) is 9.11. The van der Waals surface area contributed by atoms with Gasteiger partial charge in [-0.05, 0) is 112 Å². The van der Waals surface area contributed by atoms with E-state index in [1.165, 1.54) is 0 Å². The van der Waals surface area contributed by atoms with Crippen molar-refractivity contribution in [2.75, 3.05) is 6.61 Å². The summed E-state index contributed by atoms with van der Waals surface area (Å²) < 4.78 is 12.1. The van der Waals surface area contributed by atoms with E-state index in [0.717, 1.165) is 45.7 Å². The summed E-state index contributed by atoms with van der Waals surface area (Å²) >= 11 is 0. The quantitative estimate of drug-likeness (QED) is 0.258. The highest BCUT2D eigenvalue weighted by atomic mass is 16.5. The number of rotatable bonds is 10. The summed E-state index contributed by atoms with van der Waals surface area (Å²) in [6.45, 7) is 20.4. The molecule has 2 aromatic carbocycles. The average molecular weight is 479 g/mol. The Hall–Kier alpha value is -2.88. The second-order valence-corrected chi connectivity index (χ2v) is 11.2. The number of hydrogen-bond donors (Lipinski definition) is 0. The Morgan fingerprint density at radius 1 is 0.829 bits per heavy atom. The summed E-state index contributed by atoms with van der Waals surface area (Å²) in [4.78, 5) is 25.7. The minimum Gasteiger partial charge on any atom is -0.493 e. The van der Waals surface area contributed by atoms with Crippen LogP contribution < -0.4 is 9.47 Å². The smallest absolute Gasteiger partial charge is 0.185 e. The van der Waals surface area contributed by atoms with Crippen molar-refractivity contribution < 1.29 is 19.1 Å². The van der Waals surface area contributed by atoms with Crippen molar-refractivity contribution in [3.63, 3.8) is 0 Å². The second kappa shape index (κ2) is 11.2. The fourth-order valence-corrected chi connectivity index (χ4v) is 4.04. The maximum absolute atomic E-state index is 12.9. The molecular formula is C31H42O4. The number of hydrogen-bond acceptors (Lipinski definition) is 4. The topological polar surface area (TPSA) is 52.6 Å². The van der Waals surface area contributed by atoms with Crippen LogP contribution in [0.3, 0.4) is 0 Å². The van der Waals surface area contributed by atoms with Gasteiger partial charge in [0.25, 0.3) is 0 Å². The maximum atomic E-state index is 12.9. The van der Waals surface area contributed by atoms with Gasteiger partial charge in [-0.15, -0.1) is 0 Å². The molecule has 0 unspecified atom stereocenters. The maximum Gasteiger partial charge on any atom is 0.185 e. The molecule has 0 saturated carbocycles. The van der Waals surface area contributed by atoms with Crippen LogP contribution in [0.25, 0.3) is 6.08 Å². The number of benzene rings is 2. The molecule has 0 spiro atoms. The van der Waals surface area contributed by atoms with Gasteiger partial charge >= 0.3 is 0 Å². The summed E-state index contributed by atoms with van der Waals surface area (Å²) in [5.74, 6) is 1.60. The van der Waals surface area contributed by atoms with Crippen LogP contribution in [0.4, 0.5) is 0 Å². The minimum absolute atomic E-state index is 0.0530. The first-order valence-corrected chi connectivity index (χ1v) is 12.4. The zero-order valence-corrected chi connectivity index (χ0v) is 23.2. The molecule has 0 aliphatic carbocycles. The van der Waals surface area contributed by atoms with Gasteiger partial charge in [-0.2, -0.15) is 0 Å². The van der Waals surface area contributed by atoms with Crippen molar-refractivity contribution in [1.29, 1.82) is 0 Å². The van der Waals surface area contributed by atoms with Gasteiger partial charge in [-0.3, -0.25) is 9.59 Å². The van der Waals surface area contributed by atoms with E-state index in [1.54, 1.807) is 6.08 Å². The summed E-state index contributed by atoms with van der Waals surface area (Å²) in [7, 11) is 0. The van der Waals surface area contributed by atoms with E-state index in [1.807, 2.05) is 71.9 Å². The number of carbonyl (C=O) groups excluding carboxylic acids is 2. The third-order valence-corrected chi connectivity index (χ3v) is 5.82. The molecular weight excluding hydrogens is 436 g/mol. The van der Waals surface area contributed by atoms with E-state index in [4.69, 9.17) is 9.47 Å². The van der Waals surface area contributed by atoms with Crippen molar-refractivity contribution in [2.45, 2.75) is 87.7 Å². The summed E-state index contributed by atoms with van der Waals surface area (Å²) in [5.41, 5.74) is 4.33. The van der Waals surface area contributed by atoms with Crippen LogP contribution >= 0.6 is 0 Å². The van der Waals surface area contributed by atoms with Crippen LogP contribution in [0.5, 0.6) is 11.5 Å². The summed E-state index contributed by atoms with van der Waals surface area (Å²) in [5, 5.41) is 0. The molecule has 0 aromatic heterocycles. The Balaban J connectivity index is 2.22. The molecule has 190 valence electrons. The van der Waals surface area contributed by atoms with E-state index in [2.05, 4.69) is 27.7 Å². The summed E-state index contributed by atoms with van der Waals surface area (Å²) in [6, 6.07) is 7.73. The SMILES string of the molecule is CCCOc1c(C)cc(C(=O)/C=C/c2cc(C)c(OC(C)(C)C(=O)CC(C)(C)C)c(C)c2)cc1C. The van der Waals surface area contributed by atoms with E-state index in [9.17, 15) is 9.59 Å². The predicted octanol–water partition coefficient (Wildman–Crippen LogP) is 7.77. The molecule has 4 nitrogen and oxygen atoms in total. The zero-order valence-electron chi connectivity index (χ0n) is 23.2. The van der Waals surface area contributed by atoms with Crippen molar-refractivity contribution in [1.82, 2.24) is 0 Å². The minimum atomic E-state index is -0.918. The first-order valence-electron chi connectivity index (χ1n) is 12.4. The lowest BCUT2D eigenvalue weighted by atomic mass is 9.85. The van der Waals surface area contributed by atoms with Crippen molar-refractivity contribution >= 4 is 17.6 Å². The number of allylic oxidation sites excluding steroid dienone is 1. The molecule has 0 fully saturated rings. The molecule has 35 heavy (non-hydrogen) atoms. The first-order chi connectivity index (χ1) is 16.1. The fourth-order valence-electron chi connectivity index (χ4n) is 4.04. The molecule has 0 saturated heterocycles. The number of aryl methyl sites for hydroxylation is 4. The highest BCUT2D eigenvalue weighted by Crippen LogP contribution is 2.32. The van der Waals surface area contributed by atoms with Crippen molar-refractivity contribution in [3.05, 3.63) is 63.7 Å². The van der Waals surface area contributed by atoms with Crippen LogP contribution in [-0.4, -0.2) is 23.8 Å². The van der Waals surface area contributed by atoms with Gasteiger partial charge in [-0.1, -0.05) is 33.8 Å². The van der Waals surface area contributed by atoms with Gasteiger partial charge < -0.3 is 9.47 Å². The highest BCUT2D eigenvalue weighted by molar-refractivity contribution is 6.07. The molecule has 0 N–H and O–H groups in total. The zero-order chi connectivity index (χ0) is 26.6. The predicted molar refractivity (Wildman–Crippen MR) is 145 cm³/mol. The van der Waals surface area contributed by atoms with Crippen molar-refractivity contribution in [3.8, 4) is 11.5 Å². The molecule has 0 radical (unpaired) electrons. The molecule has 0 atom stereocenters. The third kappa shape index (κ3) is 7.81. The van der Waals surface area contributed by atoms with Gasteiger partial charge in [0.05, 0.1) is 6.61 Å². The van der Waals surface area contributed by atoms with E-state index in [-0.39, 0.29) is 17.0 Å². The highest BCUT2D eigenvalue weighted by Gasteiger charge is 2.33. The van der Waals surface area contributed by atoms with Gasteiger partial charge in [-0.25, -0.2) is 0 Å². The van der Waals surface area contributed by atoms with E-state index in [0.29, 0.717) is 18.6 Å². The number of carbonyl (C=O) groups is 2. The van der Waals surface area contributed by atoms with Crippen LogP contribution in [0.15, 0.2) is 30.3 Å². The average Bonchev–Trinajstić information content (AvgIpc) is 2.72. The van der Waals surface area contributed by atoms with E-state index < -0.39 is 5.60 Å². The monoisotopic (exact) mass is 478 g/mol. The Labute approximate surface area is 211 Å². The van der Waals surface area contributed by atoms with Crippen LogP contribution in [-0.2, 0) is 4.79 Å². The Morgan fingerprint density at radius 3 is 1.83 bits per heavy atom. The normalized spacial score (nSPS) is 12.2. The second-order valence-electron chi connectivity index (χ2n) is 11.2. The lowest BCUT2D eigenvalue weighted by Crippen LogP contribution is -2.40. The third-order valence-electron chi connectivity index (χ3n) is 5.82. The van der Waals surface area contributed by atoms with E-state index >= 15 is 0 Å². The number of Topliss-reactive ketones (excluding diaryl/α,β-unsaturated/α-hetero) is 1. The lowest BCUT2D eigenvalue weighted by Gasteiger charge is -2.30. The van der Waals surface area contributed by atoms with Gasteiger partial charge in [0.1, 0.15) is 11.5 Å². The van der Waals surface area contributed by atoms with Crippen LogP contribution in [0.2, 0.25) is 0 Å². The standard InChI is InChI=1S/C31H42O4/c1-11-14-34-28-22(4)17-25(18-23(28)5)26(32)13-12-24-15-20(2)29(21(3)16-24)35-31(9,10)27(33)19-30(6,7)8/h12-13,15-18H,11,14,19H2,1-10H3/b13-12+. The van der Waals surface area contributed by atoms with Gasteiger partial charge in [0.15, 0.2) is 17.2 Å². The molecule has 0 heterocycles. The number of ketones is 2. The Morgan fingerprint density at radius 2 is 1.34 bits per heavy atom. The fraction of sp³-hybridized carbons (Fsp3) is 0.484. The lowest BCUT2D eigenvalue weighted by molar-refractivity contribution is -0.133. The van der Waals surface area contributed by atoms with Crippen LogP contribution in [0.1, 0.15) is 92.6 Å². The Bertz CT molecular complexity index is 1070. The number of ether oxygens (including phenoxy) is 2. The molecule has 2 rings (SSSR count). The van der Waals surface area contributed by atoms with Gasteiger partial charge in [0, 0.05) is 12.0 Å². The molecule has 0 bridgehead atoms. The molecule has 2 aromatic rings. The summed E-state index contributed by atoms with van der Waals surface area (Å²) in [6.07, 6.45) is 4.82. The first kappa shape index (κ1) is 28.4. The molecule has 0 amide bonds. The molecule has 0 aliphatic rings. The van der Waals surface area contributed by atoms with Crippen LogP contribution in [0, 0.1) is 33.1 Å². The molecule has 4 heteroatoms.